The lowest BCUT2D eigenvalue weighted by Crippen LogP contribution is -2.08. The third-order valence-corrected chi connectivity index (χ3v) is 4.26. The van der Waals surface area contributed by atoms with Crippen LogP contribution < -0.4 is 0 Å². The third kappa shape index (κ3) is 4.14. The topological polar surface area (TPSA) is 38.7 Å². The minimum Gasteiger partial charge on any atom is -0.312 e. The number of hydrogen-bond acceptors (Lipinski definition) is 4. The Hall–Kier alpha value is -2.79. The second-order valence-electron chi connectivity index (χ2n) is 5.06. The Kier molecular flexibility index (Phi) is 5.13. The van der Waals surface area contributed by atoms with Crippen LogP contribution in [0.25, 0.3) is 0 Å². The minimum atomic E-state index is -0.614. The van der Waals surface area contributed by atoms with E-state index in [1.807, 2.05) is 47.8 Å². The van der Waals surface area contributed by atoms with Gasteiger partial charge >= 0.3 is 5.97 Å². The summed E-state index contributed by atoms with van der Waals surface area (Å²) >= 11 is 1.53. The largest absolute Gasteiger partial charge is 0.365 e. The summed E-state index contributed by atoms with van der Waals surface area (Å²) in [6.07, 6.45) is 0.554. The second-order valence-corrected chi connectivity index (χ2v) is 6.01. The fourth-order valence-corrected chi connectivity index (χ4v) is 2.84. The number of thiophene rings is 1. The van der Waals surface area contributed by atoms with E-state index in [-0.39, 0.29) is 5.56 Å². The van der Waals surface area contributed by atoms with Crippen molar-refractivity contribution in [1.82, 2.24) is 0 Å². The van der Waals surface area contributed by atoms with Gasteiger partial charge in [0.1, 0.15) is 11.5 Å². The average Bonchev–Trinajstić information content (AvgIpc) is 3.14. The molecule has 0 spiro atoms. The van der Waals surface area contributed by atoms with Gasteiger partial charge < -0.3 is 4.84 Å². The lowest BCUT2D eigenvalue weighted by Gasteiger charge is -2.05. The molecule has 3 nitrogen and oxygen atoms in total. The molecule has 2 aromatic carbocycles. The number of carbonyl (C=O) groups is 1. The van der Waals surface area contributed by atoms with E-state index in [0.717, 1.165) is 10.4 Å². The molecule has 0 bridgehead atoms. The van der Waals surface area contributed by atoms with Crippen molar-refractivity contribution in [2.75, 3.05) is 0 Å². The monoisotopic (exact) mass is 339 g/mol. The van der Waals surface area contributed by atoms with Crippen LogP contribution in [0.5, 0.6) is 0 Å². The molecule has 0 aliphatic heterocycles. The highest BCUT2D eigenvalue weighted by atomic mass is 32.1. The predicted octanol–water partition coefficient (Wildman–Crippen LogP) is 4.69. The number of hydrogen-bond donors (Lipinski definition) is 0. The molecule has 0 aliphatic rings. The van der Waals surface area contributed by atoms with Crippen LogP contribution in [0.2, 0.25) is 0 Å². The molecule has 0 saturated heterocycles. The quantitative estimate of drug-likeness (QED) is 0.384. The summed E-state index contributed by atoms with van der Waals surface area (Å²) < 4.78 is 12.9. The van der Waals surface area contributed by atoms with E-state index in [9.17, 15) is 9.18 Å². The van der Waals surface area contributed by atoms with Crippen LogP contribution >= 0.6 is 11.3 Å². The molecule has 1 heterocycles. The zero-order valence-electron chi connectivity index (χ0n) is 12.7. The first-order valence-corrected chi connectivity index (χ1v) is 8.22. The minimum absolute atomic E-state index is 0.255. The Morgan fingerprint density at radius 1 is 1.00 bits per heavy atom. The molecule has 1 aromatic heterocycles. The molecule has 3 aromatic rings. The standard InChI is InChI=1S/C19H14FNO2S/c20-16-10-8-15(9-11-16)19(22)23-21-17(18-7-4-12-24-18)13-14-5-2-1-3-6-14/h1-12H,13H2/b21-17+. The van der Waals surface area contributed by atoms with Crippen molar-refractivity contribution in [3.8, 4) is 0 Å². The molecular formula is C19H14FNO2S. The fraction of sp³-hybridized carbons (Fsp3) is 0.0526. The molecule has 0 N–H and O–H groups in total. The van der Waals surface area contributed by atoms with Crippen LogP contribution in [0, 0.1) is 5.82 Å². The van der Waals surface area contributed by atoms with Crippen LogP contribution in [-0.4, -0.2) is 11.7 Å². The van der Waals surface area contributed by atoms with Gasteiger partial charge in [0.25, 0.3) is 0 Å². The Balaban J connectivity index is 1.79. The van der Waals surface area contributed by atoms with E-state index in [2.05, 4.69) is 5.16 Å². The second kappa shape index (κ2) is 7.66. The molecule has 0 atom stereocenters. The molecule has 5 heteroatoms. The van der Waals surface area contributed by atoms with Crippen molar-refractivity contribution in [3.63, 3.8) is 0 Å². The first-order chi connectivity index (χ1) is 11.7. The fourth-order valence-electron chi connectivity index (χ4n) is 2.13. The van der Waals surface area contributed by atoms with Gasteiger partial charge in [0.05, 0.1) is 10.4 Å². The van der Waals surface area contributed by atoms with Crippen LogP contribution in [0.15, 0.2) is 77.3 Å². The van der Waals surface area contributed by atoms with Crippen molar-refractivity contribution in [1.29, 1.82) is 0 Å². The molecule has 0 fully saturated rings. The van der Waals surface area contributed by atoms with Gasteiger partial charge in [0, 0.05) is 6.42 Å². The molecule has 120 valence electrons. The van der Waals surface area contributed by atoms with Gasteiger partial charge in [-0.05, 0) is 41.3 Å². The summed E-state index contributed by atoms with van der Waals surface area (Å²) in [5, 5.41) is 5.99. The summed E-state index contributed by atoms with van der Waals surface area (Å²) in [4.78, 5) is 18.0. The van der Waals surface area contributed by atoms with E-state index < -0.39 is 11.8 Å². The van der Waals surface area contributed by atoms with E-state index >= 15 is 0 Å². The normalized spacial score (nSPS) is 11.3. The van der Waals surface area contributed by atoms with Gasteiger partial charge in [-0.15, -0.1) is 11.3 Å². The highest BCUT2D eigenvalue weighted by Crippen LogP contribution is 2.15. The summed E-state index contributed by atoms with van der Waals surface area (Å²) in [7, 11) is 0. The maximum absolute atomic E-state index is 12.9. The molecule has 0 unspecified atom stereocenters. The van der Waals surface area contributed by atoms with E-state index in [4.69, 9.17) is 4.84 Å². The zero-order valence-corrected chi connectivity index (χ0v) is 13.5. The third-order valence-electron chi connectivity index (χ3n) is 3.34. The SMILES string of the molecule is O=C(O/N=C(\Cc1ccccc1)c1cccs1)c1ccc(F)cc1. The number of nitrogens with zero attached hydrogens (tertiary/aromatic N) is 1. The average molecular weight is 339 g/mol. The Labute approximate surface area is 143 Å². The maximum atomic E-state index is 12.9. The zero-order chi connectivity index (χ0) is 16.8. The molecule has 0 saturated carbocycles. The summed E-state index contributed by atoms with van der Waals surface area (Å²) in [6, 6.07) is 18.8. The molecule has 3 rings (SSSR count). The molecule has 0 amide bonds. The lowest BCUT2D eigenvalue weighted by molar-refractivity contribution is 0.0516. The van der Waals surface area contributed by atoms with E-state index in [1.165, 1.54) is 35.6 Å². The van der Waals surface area contributed by atoms with Crippen LogP contribution in [-0.2, 0) is 11.3 Å². The van der Waals surface area contributed by atoms with Gasteiger partial charge in [-0.2, -0.15) is 0 Å². The van der Waals surface area contributed by atoms with Gasteiger partial charge in [-0.25, -0.2) is 9.18 Å². The number of oxime groups is 1. The first-order valence-electron chi connectivity index (χ1n) is 7.34. The number of carbonyl (C=O) groups excluding carboxylic acids is 1. The molecule has 24 heavy (non-hydrogen) atoms. The summed E-state index contributed by atoms with van der Waals surface area (Å²) in [5.41, 5.74) is 2.00. The summed E-state index contributed by atoms with van der Waals surface area (Å²) in [6.45, 7) is 0. The molecule has 0 radical (unpaired) electrons. The number of rotatable bonds is 5. The summed E-state index contributed by atoms with van der Waals surface area (Å²) in [5.74, 6) is -1.02. The molecule has 0 aliphatic carbocycles. The van der Waals surface area contributed by atoms with Crippen LogP contribution in [0.3, 0.4) is 0 Å². The van der Waals surface area contributed by atoms with Crippen molar-refractivity contribution in [2.24, 2.45) is 5.16 Å². The maximum Gasteiger partial charge on any atom is 0.365 e. The van der Waals surface area contributed by atoms with Crippen LogP contribution in [0.4, 0.5) is 4.39 Å². The van der Waals surface area contributed by atoms with Gasteiger partial charge in [-0.1, -0.05) is 41.6 Å². The Bertz CT molecular complexity index is 828. The van der Waals surface area contributed by atoms with Crippen molar-refractivity contribution in [3.05, 3.63) is 93.9 Å². The Morgan fingerprint density at radius 2 is 1.75 bits per heavy atom. The smallest absolute Gasteiger partial charge is 0.312 e. The van der Waals surface area contributed by atoms with E-state index in [0.29, 0.717) is 12.1 Å². The van der Waals surface area contributed by atoms with E-state index in [1.54, 1.807) is 0 Å². The van der Waals surface area contributed by atoms with Crippen molar-refractivity contribution < 1.29 is 14.0 Å². The highest BCUT2D eigenvalue weighted by molar-refractivity contribution is 7.12. The van der Waals surface area contributed by atoms with Crippen molar-refractivity contribution >= 4 is 23.0 Å². The van der Waals surface area contributed by atoms with Gasteiger partial charge in [0.2, 0.25) is 0 Å². The lowest BCUT2D eigenvalue weighted by atomic mass is 10.1. The predicted molar refractivity (Wildman–Crippen MR) is 92.8 cm³/mol. The Morgan fingerprint density at radius 3 is 2.42 bits per heavy atom. The van der Waals surface area contributed by atoms with Crippen LogP contribution in [0.1, 0.15) is 20.8 Å². The molecular weight excluding hydrogens is 325 g/mol. The van der Waals surface area contributed by atoms with Crippen molar-refractivity contribution in [2.45, 2.75) is 6.42 Å². The number of benzene rings is 2. The number of halogens is 1. The van der Waals surface area contributed by atoms with Gasteiger partial charge in [-0.3, -0.25) is 0 Å². The first kappa shape index (κ1) is 16.1. The van der Waals surface area contributed by atoms with Gasteiger partial charge in [0.15, 0.2) is 0 Å². The highest BCUT2D eigenvalue weighted by Gasteiger charge is 2.11.